The predicted octanol–water partition coefficient (Wildman–Crippen LogP) is 3.52. The highest BCUT2D eigenvalue weighted by molar-refractivity contribution is 6.05. The zero-order valence-electron chi connectivity index (χ0n) is 14.4. The standard InChI is InChI=1S/C18H17FN4O4/c1-10(24)20-13-5-6-14(19)16(9-13)22-18(25)11-2-7-15(21-12-3-4-12)17(8-11)23(26)27/h2,5-9,12,21H,3-4H2,1H3,(H,20,24)(H,22,25). The number of nitrogens with zero attached hydrogens (tertiary/aromatic N) is 1. The molecule has 140 valence electrons. The number of hydrogen-bond donors (Lipinski definition) is 3. The Kier molecular flexibility index (Phi) is 5.02. The maximum atomic E-state index is 14.0. The van der Waals surface area contributed by atoms with E-state index >= 15 is 0 Å². The Hall–Kier alpha value is -3.49. The lowest BCUT2D eigenvalue weighted by atomic mass is 10.1. The molecule has 3 N–H and O–H groups in total. The number of rotatable bonds is 6. The van der Waals surface area contributed by atoms with Gasteiger partial charge in [-0.3, -0.25) is 19.7 Å². The highest BCUT2D eigenvalue weighted by atomic mass is 19.1. The average molecular weight is 372 g/mol. The van der Waals surface area contributed by atoms with E-state index in [4.69, 9.17) is 0 Å². The van der Waals surface area contributed by atoms with Crippen LogP contribution in [0.3, 0.4) is 0 Å². The number of benzene rings is 2. The Morgan fingerprint density at radius 2 is 1.85 bits per heavy atom. The van der Waals surface area contributed by atoms with Crippen molar-refractivity contribution in [2.45, 2.75) is 25.8 Å². The molecule has 0 spiro atoms. The summed E-state index contributed by atoms with van der Waals surface area (Å²) in [4.78, 5) is 34.2. The lowest BCUT2D eigenvalue weighted by Gasteiger charge is -2.10. The van der Waals surface area contributed by atoms with Crippen molar-refractivity contribution in [3.63, 3.8) is 0 Å². The van der Waals surface area contributed by atoms with Crippen LogP contribution in [0.2, 0.25) is 0 Å². The summed E-state index contributed by atoms with van der Waals surface area (Å²) in [5.74, 6) is -1.73. The van der Waals surface area contributed by atoms with Crippen molar-refractivity contribution in [2.75, 3.05) is 16.0 Å². The molecule has 3 rings (SSSR count). The molecule has 0 bridgehead atoms. The van der Waals surface area contributed by atoms with Crippen molar-refractivity contribution in [2.24, 2.45) is 0 Å². The monoisotopic (exact) mass is 372 g/mol. The van der Waals surface area contributed by atoms with Crippen molar-refractivity contribution in [1.29, 1.82) is 0 Å². The van der Waals surface area contributed by atoms with E-state index < -0.39 is 16.6 Å². The minimum Gasteiger partial charge on any atom is -0.377 e. The molecule has 0 aromatic heterocycles. The van der Waals surface area contributed by atoms with Crippen LogP contribution in [0.25, 0.3) is 0 Å². The van der Waals surface area contributed by atoms with Crippen molar-refractivity contribution >= 4 is 34.6 Å². The molecule has 2 amide bonds. The minimum atomic E-state index is -0.699. The zero-order valence-corrected chi connectivity index (χ0v) is 14.4. The molecule has 8 nitrogen and oxygen atoms in total. The van der Waals surface area contributed by atoms with E-state index in [1.807, 2.05) is 0 Å². The molecule has 1 aliphatic carbocycles. The van der Waals surface area contributed by atoms with E-state index in [0.29, 0.717) is 11.4 Å². The largest absolute Gasteiger partial charge is 0.377 e. The van der Waals surface area contributed by atoms with E-state index in [2.05, 4.69) is 16.0 Å². The molecule has 1 saturated carbocycles. The second kappa shape index (κ2) is 7.40. The van der Waals surface area contributed by atoms with Gasteiger partial charge in [0, 0.05) is 30.3 Å². The van der Waals surface area contributed by atoms with Gasteiger partial charge in [0.15, 0.2) is 0 Å². The molecular formula is C18H17FN4O4. The van der Waals surface area contributed by atoms with Crippen LogP contribution < -0.4 is 16.0 Å². The molecule has 9 heteroatoms. The zero-order chi connectivity index (χ0) is 19.6. The van der Waals surface area contributed by atoms with Gasteiger partial charge < -0.3 is 16.0 Å². The number of nitrogens with one attached hydrogen (secondary N) is 3. The first-order valence-electron chi connectivity index (χ1n) is 8.27. The smallest absolute Gasteiger partial charge is 0.293 e. The maximum absolute atomic E-state index is 14.0. The maximum Gasteiger partial charge on any atom is 0.293 e. The van der Waals surface area contributed by atoms with Gasteiger partial charge in [0.25, 0.3) is 11.6 Å². The van der Waals surface area contributed by atoms with Gasteiger partial charge in [0.05, 0.1) is 10.6 Å². The molecule has 1 aliphatic rings. The number of carbonyl (C=O) groups is 2. The normalized spacial score (nSPS) is 13.0. The van der Waals surface area contributed by atoms with E-state index in [1.165, 1.54) is 31.2 Å². The second-order valence-electron chi connectivity index (χ2n) is 6.24. The summed E-state index contributed by atoms with van der Waals surface area (Å²) in [7, 11) is 0. The molecule has 0 saturated heterocycles. The van der Waals surface area contributed by atoms with Crippen LogP contribution in [0, 0.1) is 15.9 Å². The van der Waals surface area contributed by atoms with Crippen LogP contribution in [0.1, 0.15) is 30.1 Å². The number of amides is 2. The average Bonchev–Trinajstić information content (AvgIpc) is 3.41. The van der Waals surface area contributed by atoms with Gasteiger partial charge in [-0.2, -0.15) is 0 Å². The van der Waals surface area contributed by atoms with Gasteiger partial charge in [-0.15, -0.1) is 0 Å². The van der Waals surface area contributed by atoms with E-state index in [9.17, 15) is 24.1 Å². The van der Waals surface area contributed by atoms with Crippen molar-refractivity contribution in [3.05, 3.63) is 57.9 Å². The van der Waals surface area contributed by atoms with Crippen LogP contribution >= 0.6 is 0 Å². The number of nitro benzene ring substituents is 1. The summed E-state index contributed by atoms with van der Waals surface area (Å²) < 4.78 is 14.0. The van der Waals surface area contributed by atoms with Gasteiger partial charge in [-0.25, -0.2) is 4.39 Å². The third-order valence-corrected chi connectivity index (χ3v) is 3.93. The van der Waals surface area contributed by atoms with Crippen molar-refractivity contribution < 1.29 is 18.9 Å². The van der Waals surface area contributed by atoms with Crippen molar-refractivity contribution in [1.82, 2.24) is 0 Å². The Balaban J connectivity index is 1.82. The quantitative estimate of drug-likeness (QED) is 0.530. The minimum absolute atomic E-state index is 0.0207. The fourth-order valence-electron chi connectivity index (χ4n) is 2.49. The summed E-state index contributed by atoms with van der Waals surface area (Å²) >= 11 is 0. The summed E-state index contributed by atoms with van der Waals surface area (Å²) in [5.41, 5.74) is 0.315. The first-order valence-corrected chi connectivity index (χ1v) is 8.27. The topological polar surface area (TPSA) is 113 Å². The van der Waals surface area contributed by atoms with Crippen LogP contribution in [-0.4, -0.2) is 22.8 Å². The SMILES string of the molecule is CC(=O)Nc1ccc(F)c(NC(=O)c2ccc(NC3CC3)c([N+](=O)[O-])c2)c1. The first-order chi connectivity index (χ1) is 12.8. The number of anilines is 3. The highest BCUT2D eigenvalue weighted by Crippen LogP contribution is 2.32. The first kappa shape index (κ1) is 18.3. The summed E-state index contributed by atoms with van der Waals surface area (Å²) in [5, 5.41) is 19.2. The van der Waals surface area contributed by atoms with Gasteiger partial charge in [-0.05, 0) is 43.2 Å². The number of halogens is 1. The van der Waals surface area contributed by atoms with Crippen LogP contribution in [0.5, 0.6) is 0 Å². The molecule has 27 heavy (non-hydrogen) atoms. The number of hydrogen-bond acceptors (Lipinski definition) is 5. The van der Waals surface area contributed by atoms with E-state index in [1.54, 1.807) is 0 Å². The van der Waals surface area contributed by atoms with Gasteiger partial charge in [0.2, 0.25) is 5.91 Å². The van der Waals surface area contributed by atoms with Crippen LogP contribution in [-0.2, 0) is 4.79 Å². The summed E-state index contributed by atoms with van der Waals surface area (Å²) in [6.45, 7) is 1.30. The van der Waals surface area contributed by atoms with Crippen LogP contribution in [0.4, 0.5) is 27.1 Å². The molecule has 0 atom stereocenters. The van der Waals surface area contributed by atoms with Gasteiger partial charge >= 0.3 is 0 Å². The Morgan fingerprint density at radius 3 is 2.48 bits per heavy atom. The number of nitro groups is 1. The second-order valence-corrected chi connectivity index (χ2v) is 6.24. The van der Waals surface area contributed by atoms with Crippen LogP contribution in [0.15, 0.2) is 36.4 Å². The molecule has 0 radical (unpaired) electrons. The molecule has 2 aromatic carbocycles. The third-order valence-electron chi connectivity index (χ3n) is 3.93. The summed E-state index contributed by atoms with van der Waals surface area (Å²) in [6.07, 6.45) is 1.90. The molecule has 0 heterocycles. The highest BCUT2D eigenvalue weighted by Gasteiger charge is 2.25. The van der Waals surface area contributed by atoms with E-state index in [0.717, 1.165) is 25.0 Å². The number of carbonyl (C=O) groups excluding carboxylic acids is 2. The third kappa shape index (κ3) is 4.57. The Labute approximate surface area is 153 Å². The lowest BCUT2D eigenvalue weighted by Crippen LogP contribution is -2.14. The molecule has 1 fully saturated rings. The Morgan fingerprint density at radius 1 is 1.11 bits per heavy atom. The van der Waals surface area contributed by atoms with E-state index in [-0.39, 0.29) is 28.9 Å². The molecule has 0 unspecified atom stereocenters. The fraction of sp³-hybridized carbons (Fsp3) is 0.222. The van der Waals surface area contributed by atoms with Crippen molar-refractivity contribution in [3.8, 4) is 0 Å². The lowest BCUT2D eigenvalue weighted by molar-refractivity contribution is -0.384. The molecular weight excluding hydrogens is 355 g/mol. The predicted molar refractivity (Wildman–Crippen MR) is 98.4 cm³/mol. The van der Waals surface area contributed by atoms with Gasteiger partial charge in [-0.1, -0.05) is 0 Å². The fourth-order valence-corrected chi connectivity index (χ4v) is 2.49. The summed E-state index contributed by atoms with van der Waals surface area (Å²) in [6, 6.07) is 8.00. The van der Waals surface area contributed by atoms with Gasteiger partial charge in [0.1, 0.15) is 11.5 Å². The Bertz CT molecular complexity index is 928. The molecule has 2 aromatic rings. The molecule has 0 aliphatic heterocycles.